The fourth-order valence-electron chi connectivity index (χ4n) is 3.53. The van der Waals surface area contributed by atoms with Gasteiger partial charge >= 0.3 is 0 Å². The van der Waals surface area contributed by atoms with Crippen molar-refractivity contribution in [1.82, 2.24) is 9.80 Å². The highest BCUT2D eigenvalue weighted by Gasteiger charge is 2.45. The molecule has 3 fully saturated rings. The Morgan fingerprint density at radius 1 is 1.35 bits per heavy atom. The maximum absolute atomic E-state index is 12.6. The summed E-state index contributed by atoms with van der Waals surface area (Å²) in [6, 6.07) is 0. The van der Waals surface area contributed by atoms with Gasteiger partial charge in [-0.2, -0.15) is 0 Å². The van der Waals surface area contributed by atoms with Gasteiger partial charge in [0.15, 0.2) is 0 Å². The van der Waals surface area contributed by atoms with Crippen LogP contribution in [0, 0.1) is 0 Å². The van der Waals surface area contributed by atoms with E-state index in [1.807, 2.05) is 6.92 Å². The smallest absolute Gasteiger partial charge is 0.248 e. The number of rotatable bonds is 3. The van der Waals surface area contributed by atoms with Crippen LogP contribution in [-0.4, -0.2) is 83.9 Å². The minimum atomic E-state index is -0.823. The van der Waals surface area contributed by atoms with E-state index < -0.39 is 11.2 Å². The first-order chi connectivity index (χ1) is 11.0. The first-order valence-electron chi connectivity index (χ1n) is 8.45. The Morgan fingerprint density at radius 2 is 2.13 bits per heavy atom. The molecule has 3 rings (SSSR count). The van der Waals surface area contributed by atoms with E-state index in [1.54, 1.807) is 9.80 Å². The molecule has 1 saturated carbocycles. The van der Waals surface area contributed by atoms with Crippen molar-refractivity contribution in [2.75, 3.05) is 46.0 Å². The molecule has 7 nitrogen and oxygen atoms in total. The number of carbonyl (C=O) groups excluding carboxylic acids is 2. The molecular weight excluding hydrogens is 300 g/mol. The molecule has 1 aliphatic carbocycles. The highest BCUT2D eigenvalue weighted by molar-refractivity contribution is 5.79. The lowest BCUT2D eigenvalue weighted by Gasteiger charge is -2.43. The number of nitrogens with zero attached hydrogens (tertiary/aromatic N) is 2. The molecule has 1 N–H and O–H groups in total. The Hall–Kier alpha value is -1.18. The SMILES string of the molecule is CCN1CC2(COCCN(C(=O)CC3(O)CCC3)C2)OCC1=O. The van der Waals surface area contributed by atoms with Gasteiger partial charge in [-0.25, -0.2) is 0 Å². The molecule has 0 aromatic heterocycles. The summed E-state index contributed by atoms with van der Waals surface area (Å²) in [7, 11) is 0. The van der Waals surface area contributed by atoms with Crippen molar-refractivity contribution in [2.45, 2.75) is 43.8 Å². The summed E-state index contributed by atoms with van der Waals surface area (Å²) in [5.74, 6) is -0.0790. The van der Waals surface area contributed by atoms with Gasteiger partial charge in [0.1, 0.15) is 12.2 Å². The summed E-state index contributed by atoms with van der Waals surface area (Å²) in [6.07, 6.45) is 2.54. The zero-order valence-electron chi connectivity index (χ0n) is 13.8. The quantitative estimate of drug-likeness (QED) is 0.775. The summed E-state index contributed by atoms with van der Waals surface area (Å²) in [5.41, 5.74) is -1.48. The van der Waals surface area contributed by atoms with E-state index in [-0.39, 0.29) is 24.8 Å². The molecule has 2 heterocycles. The molecule has 1 atom stereocenters. The Labute approximate surface area is 136 Å². The standard InChI is InChI=1S/C16H26N2O5/c1-2-17-10-16(23-9-14(17)20)11-18(6-7-22-12-16)13(19)8-15(21)4-3-5-15/h21H,2-12H2,1H3. The third kappa shape index (κ3) is 3.51. The van der Waals surface area contributed by atoms with Gasteiger partial charge in [0.2, 0.25) is 11.8 Å². The van der Waals surface area contributed by atoms with Crippen LogP contribution >= 0.6 is 0 Å². The van der Waals surface area contributed by atoms with Gasteiger partial charge in [-0.05, 0) is 26.2 Å². The first kappa shape index (κ1) is 16.7. The van der Waals surface area contributed by atoms with E-state index in [9.17, 15) is 14.7 Å². The number of aliphatic hydroxyl groups is 1. The zero-order valence-corrected chi connectivity index (χ0v) is 13.8. The first-order valence-corrected chi connectivity index (χ1v) is 8.45. The maximum atomic E-state index is 12.6. The van der Waals surface area contributed by atoms with Crippen molar-refractivity contribution in [1.29, 1.82) is 0 Å². The van der Waals surface area contributed by atoms with Crippen LogP contribution in [0.4, 0.5) is 0 Å². The van der Waals surface area contributed by atoms with Crippen molar-refractivity contribution in [2.24, 2.45) is 0 Å². The van der Waals surface area contributed by atoms with Crippen molar-refractivity contribution >= 4 is 11.8 Å². The largest absolute Gasteiger partial charge is 0.389 e. The molecule has 23 heavy (non-hydrogen) atoms. The van der Waals surface area contributed by atoms with Gasteiger partial charge in [-0.3, -0.25) is 9.59 Å². The summed E-state index contributed by atoms with van der Waals surface area (Å²) < 4.78 is 11.5. The average Bonchev–Trinajstić information content (AvgIpc) is 2.71. The van der Waals surface area contributed by atoms with Crippen molar-refractivity contribution in [3.63, 3.8) is 0 Å². The normalized spacial score (nSPS) is 31.0. The molecule has 3 aliphatic rings. The summed E-state index contributed by atoms with van der Waals surface area (Å²) >= 11 is 0. The van der Waals surface area contributed by atoms with Gasteiger partial charge in [0.05, 0.1) is 38.3 Å². The lowest BCUT2D eigenvalue weighted by Crippen LogP contribution is -2.61. The number of hydrogen-bond donors (Lipinski definition) is 1. The lowest BCUT2D eigenvalue weighted by atomic mass is 9.77. The highest BCUT2D eigenvalue weighted by atomic mass is 16.6. The molecule has 1 unspecified atom stereocenters. The van der Waals surface area contributed by atoms with Crippen LogP contribution in [0.2, 0.25) is 0 Å². The van der Waals surface area contributed by atoms with Gasteiger partial charge in [0, 0.05) is 13.1 Å². The third-order valence-corrected chi connectivity index (χ3v) is 5.18. The van der Waals surface area contributed by atoms with Crippen LogP contribution in [0.5, 0.6) is 0 Å². The molecule has 2 saturated heterocycles. The third-order valence-electron chi connectivity index (χ3n) is 5.18. The van der Waals surface area contributed by atoms with Gasteiger partial charge < -0.3 is 24.4 Å². The zero-order chi connectivity index (χ0) is 16.5. The Bertz CT molecular complexity index is 479. The van der Waals surface area contributed by atoms with Gasteiger partial charge in [-0.15, -0.1) is 0 Å². The molecule has 2 aliphatic heterocycles. The second kappa shape index (κ2) is 6.37. The molecule has 130 valence electrons. The van der Waals surface area contributed by atoms with Crippen molar-refractivity contribution in [3.05, 3.63) is 0 Å². The molecule has 0 radical (unpaired) electrons. The van der Waals surface area contributed by atoms with E-state index in [2.05, 4.69) is 0 Å². The van der Waals surface area contributed by atoms with Gasteiger partial charge in [0.25, 0.3) is 0 Å². The van der Waals surface area contributed by atoms with Crippen LogP contribution in [0.1, 0.15) is 32.6 Å². The van der Waals surface area contributed by atoms with E-state index in [4.69, 9.17) is 9.47 Å². The summed E-state index contributed by atoms with van der Waals surface area (Å²) in [5, 5.41) is 10.2. The summed E-state index contributed by atoms with van der Waals surface area (Å²) in [6.45, 7) is 4.77. The van der Waals surface area contributed by atoms with Crippen LogP contribution in [0.15, 0.2) is 0 Å². The molecule has 7 heteroatoms. The van der Waals surface area contributed by atoms with E-state index in [0.717, 1.165) is 6.42 Å². The van der Waals surface area contributed by atoms with Crippen LogP contribution in [0.3, 0.4) is 0 Å². The minimum Gasteiger partial charge on any atom is -0.389 e. The lowest BCUT2D eigenvalue weighted by molar-refractivity contribution is -0.174. The average molecular weight is 326 g/mol. The number of carbonyl (C=O) groups is 2. The maximum Gasteiger partial charge on any atom is 0.248 e. The van der Waals surface area contributed by atoms with E-state index in [1.165, 1.54) is 0 Å². The molecular formula is C16H26N2O5. The fourth-order valence-corrected chi connectivity index (χ4v) is 3.53. The molecule has 0 bridgehead atoms. The Morgan fingerprint density at radius 3 is 2.78 bits per heavy atom. The monoisotopic (exact) mass is 326 g/mol. The molecule has 2 amide bonds. The predicted molar refractivity (Wildman–Crippen MR) is 81.8 cm³/mol. The molecule has 0 aromatic rings. The second-order valence-corrected chi connectivity index (χ2v) is 7.00. The van der Waals surface area contributed by atoms with E-state index >= 15 is 0 Å². The number of likely N-dealkylation sites (N-methyl/N-ethyl adjacent to an activating group) is 1. The van der Waals surface area contributed by atoms with Crippen molar-refractivity contribution < 1.29 is 24.2 Å². The second-order valence-electron chi connectivity index (χ2n) is 7.00. The van der Waals surface area contributed by atoms with Crippen molar-refractivity contribution in [3.8, 4) is 0 Å². The van der Waals surface area contributed by atoms with E-state index in [0.29, 0.717) is 52.2 Å². The van der Waals surface area contributed by atoms with Crippen LogP contribution < -0.4 is 0 Å². The highest BCUT2D eigenvalue weighted by Crippen LogP contribution is 2.35. The van der Waals surface area contributed by atoms with Gasteiger partial charge in [-0.1, -0.05) is 0 Å². The topological polar surface area (TPSA) is 79.3 Å². The minimum absolute atomic E-state index is 0.0240. The Kier molecular flexibility index (Phi) is 4.62. The Balaban J connectivity index is 1.68. The number of morpholine rings is 1. The fraction of sp³-hybridized carbons (Fsp3) is 0.875. The number of ether oxygens (including phenoxy) is 2. The van der Waals surface area contributed by atoms with Crippen LogP contribution in [-0.2, 0) is 19.1 Å². The van der Waals surface area contributed by atoms with Crippen LogP contribution in [0.25, 0.3) is 0 Å². The number of hydrogen-bond acceptors (Lipinski definition) is 5. The molecule has 1 spiro atoms. The number of amides is 2. The predicted octanol–water partition coefficient (Wildman–Crippen LogP) is -0.232. The molecule has 0 aromatic carbocycles. The summed E-state index contributed by atoms with van der Waals surface area (Å²) in [4.78, 5) is 27.9.